The lowest BCUT2D eigenvalue weighted by Crippen LogP contribution is -2.44. The smallest absolute Gasteiger partial charge is 0.336 e. The normalized spacial score (nSPS) is 17.3. The molecule has 5 heteroatoms. The first kappa shape index (κ1) is 13.9. The lowest BCUT2D eigenvalue weighted by Gasteiger charge is -2.33. The molecule has 1 aliphatic carbocycles. The van der Waals surface area contributed by atoms with Crippen molar-refractivity contribution < 1.29 is 14.7 Å². The number of urea groups is 1. The van der Waals surface area contributed by atoms with Crippen molar-refractivity contribution >= 4 is 17.7 Å². The second-order valence-corrected chi connectivity index (χ2v) is 5.97. The fourth-order valence-electron chi connectivity index (χ4n) is 3.00. The number of hydrogen-bond donors (Lipinski definition) is 1. The number of hydrogen-bond acceptors (Lipinski definition) is 2. The van der Waals surface area contributed by atoms with Gasteiger partial charge >= 0.3 is 12.0 Å². The molecule has 1 aromatic carbocycles. The van der Waals surface area contributed by atoms with Crippen LogP contribution in [0.15, 0.2) is 18.2 Å². The largest absolute Gasteiger partial charge is 0.478 e. The van der Waals surface area contributed by atoms with Gasteiger partial charge in [-0.1, -0.05) is 6.07 Å². The zero-order valence-corrected chi connectivity index (χ0v) is 12.2. The van der Waals surface area contributed by atoms with Crippen LogP contribution >= 0.6 is 0 Å². The SMILES string of the molecule is CN(CC1CC1)C(=O)N1CCCc2c(C(=O)O)cccc21. The quantitative estimate of drug-likeness (QED) is 0.930. The van der Waals surface area contributed by atoms with Crippen LogP contribution in [-0.4, -0.2) is 42.1 Å². The third kappa shape index (κ3) is 2.73. The van der Waals surface area contributed by atoms with Crippen molar-refractivity contribution in [1.29, 1.82) is 0 Å². The third-order valence-electron chi connectivity index (χ3n) is 4.27. The summed E-state index contributed by atoms with van der Waals surface area (Å²) in [5, 5.41) is 9.29. The zero-order valence-electron chi connectivity index (χ0n) is 12.2. The molecule has 21 heavy (non-hydrogen) atoms. The molecule has 0 atom stereocenters. The number of carbonyl (C=O) groups excluding carboxylic acids is 1. The molecule has 0 radical (unpaired) electrons. The van der Waals surface area contributed by atoms with E-state index in [-0.39, 0.29) is 6.03 Å². The van der Waals surface area contributed by atoms with Crippen LogP contribution in [0.5, 0.6) is 0 Å². The average Bonchev–Trinajstić information content (AvgIpc) is 3.29. The number of rotatable bonds is 3. The first-order chi connectivity index (χ1) is 10.1. The molecule has 1 heterocycles. The predicted molar refractivity (Wildman–Crippen MR) is 79.8 cm³/mol. The highest BCUT2D eigenvalue weighted by molar-refractivity contribution is 5.97. The van der Waals surface area contributed by atoms with E-state index >= 15 is 0 Å². The Labute approximate surface area is 124 Å². The summed E-state index contributed by atoms with van der Waals surface area (Å²) in [5.74, 6) is -0.277. The van der Waals surface area contributed by atoms with Crippen LogP contribution in [0.25, 0.3) is 0 Å². The maximum Gasteiger partial charge on any atom is 0.336 e. The van der Waals surface area contributed by atoms with Gasteiger partial charge in [-0.25, -0.2) is 9.59 Å². The van der Waals surface area contributed by atoms with E-state index in [1.54, 1.807) is 21.9 Å². The molecule has 0 spiro atoms. The minimum absolute atomic E-state index is 0.0228. The average molecular weight is 288 g/mol. The van der Waals surface area contributed by atoms with Gasteiger partial charge in [-0.05, 0) is 49.3 Å². The van der Waals surface area contributed by atoms with Crippen LogP contribution in [-0.2, 0) is 6.42 Å². The Morgan fingerprint density at radius 2 is 2.14 bits per heavy atom. The van der Waals surface area contributed by atoms with E-state index in [0.717, 1.165) is 24.2 Å². The number of fused-ring (bicyclic) bond motifs is 1. The predicted octanol–water partition coefficient (Wildman–Crippen LogP) is 2.60. The maximum atomic E-state index is 12.6. The highest BCUT2D eigenvalue weighted by atomic mass is 16.4. The van der Waals surface area contributed by atoms with Crippen LogP contribution < -0.4 is 4.90 Å². The van der Waals surface area contributed by atoms with E-state index < -0.39 is 5.97 Å². The highest BCUT2D eigenvalue weighted by Gasteiger charge is 2.30. The van der Waals surface area contributed by atoms with Crippen molar-refractivity contribution in [2.75, 3.05) is 25.0 Å². The number of nitrogens with zero attached hydrogens (tertiary/aromatic N) is 2. The summed E-state index contributed by atoms with van der Waals surface area (Å²) in [6, 6.07) is 5.16. The number of benzene rings is 1. The van der Waals surface area contributed by atoms with Crippen molar-refractivity contribution in [2.45, 2.75) is 25.7 Å². The van der Waals surface area contributed by atoms with Crippen LogP contribution in [0.1, 0.15) is 35.2 Å². The first-order valence-electron chi connectivity index (χ1n) is 7.45. The second-order valence-electron chi connectivity index (χ2n) is 5.97. The Hall–Kier alpha value is -2.04. The number of amides is 2. The zero-order chi connectivity index (χ0) is 15.0. The molecule has 3 rings (SSSR count). The summed E-state index contributed by atoms with van der Waals surface area (Å²) in [7, 11) is 1.83. The van der Waals surface area contributed by atoms with Crippen LogP contribution in [0.4, 0.5) is 10.5 Å². The van der Waals surface area contributed by atoms with Gasteiger partial charge in [0.2, 0.25) is 0 Å². The molecule has 1 aliphatic heterocycles. The summed E-state index contributed by atoms with van der Waals surface area (Å²) in [6.07, 6.45) is 3.93. The number of anilines is 1. The van der Waals surface area contributed by atoms with Crippen LogP contribution in [0, 0.1) is 5.92 Å². The second kappa shape index (κ2) is 5.39. The van der Waals surface area contributed by atoms with Crippen molar-refractivity contribution in [2.24, 2.45) is 5.92 Å². The summed E-state index contributed by atoms with van der Waals surface area (Å²) >= 11 is 0. The molecule has 2 aliphatic rings. The van der Waals surface area contributed by atoms with E-state index in [2.05, 4.69) is 0 Å². The molecule has 0 unspecified atom stereocenters. The Morgan fingerprint density at radius 3 is 2.81 bits per heavy atom. The van der Waals surface area contributed by atoms with E-state index in [1.165, 1.54) is 12.8 Å². The molecular weight excluding hydrogens is 268 g/mol. The molecular formula is C16H20N2O3. The van der Waals surface area contributed by atoms with Crippen LogP contribution in [0.2, 0.25) is 0 Å². The Kier molecular flexibility index (Phi) is 3.57. The number of carboxylic acids is 1. The number of carbonyl (C=O) groups is 2. The Morgan fingerprint density at radius 1 is 1.38 bits per heavy atom. The van der Waals surface area contributed by atoms with Crippen LogP contribution in [0.3, 0.4) is 0 Å². The molecule has 112 valence electrons. The van der Waals surface area contributed by atoms with Crippen molar-refractivity contribution in [3.63, 3.8) is 0 Å². The van der Waals surface area contributed by atoms with E-state index in [0.29, 0.717) is 24.4 Å². The molecule has 1 saturated carbocycles. The van der Waals surface area contributed by atoms with Gasteiger partial charge in [-0.15, -0.1) is 0 Å². The minimum Gasteiger partial charge on any atom is -0.478 e. The van der Waals surface area contributed by atoms with Gasteiger partial charge < -0.3 is 10.0 Å². The molecule has 0 aromatic heterocycles. The third-order valence-corrected chi connectivity index (χ3v) is 4.27. The number of carboxylic acid groups (broad SMARTS) is 1. The van der Waals surface area contributed by atoms with Gasteiger partial charge in [0.25, 0.3) is 0 Å². The van der Waals surface area contributed by atoms with E-state index in [1.807, 2.05) is 13.1 Å². The summed E-state index contributed by atoms with van der Waals surface area (Å²) in [6.45, 7) is 1.45. The van der Waals surface area contributed by atoms with Gasteiger partial charge in [-0.2, -0.15) is 0 Å². The van der Waals surface area contributed by atoms with Crippen molar-refractivity contribution in [1.82, 2.24) is 4.90 Å². The van der Waals surface area contributed by atoms with Gasteiger partial charge in [0.1, 0.15) is 0 Å². The molecule has 0 bridgehead atoms. The molecule has 1 fully saturated rings. The highest BCUT2D eigenvalue weighted by Crippen LogP contribution is 2.32. The van der Waals surface area contributed by atoms with Gasteiger partial charge in [0.15, 0.2) is 0 Å². The minimum atomic E-state index is -0.924. The van der Waals surface area contributed by atoms with Gasteiger partial charge in [0, 0.05) is 25.8 Å². The molecule has 1 N–H and O–H groups in total. The fraction of sp³-hybridized carbons (Fsp3) is 0.500. The summed E-state index contributed by atoms with van der Waals surface area (Å²) in [5.41, 5.74) is 1.85. The standard InChI is InChI=1S/C16H20N2O3/c1-17(10-11-7-8-11)16(21)18-9-3-5-12-13(15(19)20)4-2-6-14(12)18/h2,4,6,11H,3,5,7-10H2,1H3,(H,19,20). The van der Waals surface area contributed by atoms with Gasteiger partial charge in [-0.3, -0.25) is 4.90 Å². The lowest BCUT2D eigenvalue weighted by atomic mass is 9.96. The fourth-order valence-corrected chi connectivity index (χ4v) is 3.00. The Balaban J connectivity index is 1.87. The maximum absolute atomic E-state index is 12.6. The summed E-state index contributed by atoms with van der Waals surface area (Å²) < 4.78 is 0. The van der Waals surface area contributed by atoms with E-state index in [9.17, 15) is 14.7 Å². The Bertz CT molecular complexity index is 581. The number of aromatic carboxylic acids is 1. The molecule has 0 saturated heterocycles. The monoisotopic (exact) mass is 288 g/mol. The topological polar surface area (TPSA) is 60.9 Å². The molecule has 2 amide bonds. The molecule has 5 nitrogen and oxygen atoms in total. The molecule has 1 aromatic rings. The van der Waals surface area contributed by atoms with Crippen molar-refractivity contribution in [3.8, 4) is 0 Å². The van der Waals surface area contributed by atoms with E-state index in [4.69, 9.17) is 0 Å². The summed E-state index contributed by atoms with van der Waals surface area (Å²) in [4.78, 5) is 27.4. The first-order valence-corrected chi connectivity index (χ1v) is 7.45. The lowest BCUT2D eigenvalue weighted by molar-refractivity contribution is 0.0695. The van der Waals surface area contributed by atoms with Crippen molar-refractivity contribution in [3.05, 3.63) is 29.3 Å². The van der Waals surface area contributed by atoms with Gasteiger partial charge in [0.05, 0.1) is 5.56 Å².